The van der Waals surface area contributed by atoms with Gasteiger partial charge in [0.25, 0.3) is 0 Å². The Labute approximate surface area is 181 Å². The number of imidazole rings is 1. The highest BCUT2D eigenvalue weighted by Gasteiger charge is 2.30. The van der Waals surface area contributed by atoms with E-state index < -0.39 is 42.5 Å². The fourth-order valence-corrected chi connectivity index (χ4v) is 2.80. The van der Waals surface area contributed by atoms with Crippen LogP contribution in [0, 0.1) is 11.8 Å². The van der Waals surface area contributed by atoms with E-state index in [0.717, 1.165) is 0 Å². The van der Waals surface area contributed by atoms with Gasteiger partial charge in [-0.1, -0.05) is 27.7 Å². The van der Waals surface area contributed by atoms with Crippen molar-refractivity contribution in [2.24, 2.45) is 17.6 Å². The molecule has 0 fully saturated rings. The molecule has 174 valence electrons. The summed E-state index contributed by atoms with van der Waals surface area (Å²) in [6.45, 7) is 6.69. The molecule has 0 aliphatic heterocycles. The van der Waals surface area contributed by atoms with Crippen molar-refractivity contribution in [2.45, 2.75) is 65.1 Å². The summed E-state index contributed by atoms with van der Waals surface area (Å²) in [6, 6.07) is -3.25. The van der Waals surface area contributed by atoms with Gasteiger partial charge in [-0.15, -0.1) is 0 Å². The van der Waals surface area contributed by atoms with Crippen LogP contribution < -0.4 is 21.7 Å². The van der Waals surface area contributed by atoms with Crippen molar-refractivity contribution in [2.75, 3.05) is 6.61 Å². The van der Waals surface area contributed by atoms with Gasteiger partial charge in [-0.2, -0.15) is 0 Å². The predicted octanol–water partition coefficient (Wildman–Crippen LogP) is -1.02. The number of carbonyl (C=O) groups excluding carboxylic acids is 4. The first-order chi connectivity index (χ1) is 14.5. The zero-order valence-electron chi connectivity index (χ0n) is 18.5. The minimum atomic E-state index is -1.31. The van der Waals surface area contributed by atoms with Crippen LogP contribution in [0.1, 0.15) is 46.2 Å². The second kappa shape index (κ2) is 12.7. The number of amides is 4. The minimum Gasteiger partial charge on any atom is -0.394 e. The van der Waals surface area contributed by atoms with Crippen LogP contribution in [-0.2, 0) is 25.6 Å². The summed E-state index contributed by atoms with van der Waals surface area (Å²) < 4.78 is 0. The van der Waals surface area contributed by atoms with Gasteiger partial charge in [-0.3, -0.25) is 19.2 Å². The molecule has 1 rings (SSSR count). The fraction of sp³-hybridized carbons (Fsp3) is 0.650. The standard InChI is InChI=1S/C20H34N6O5/c1-11(2)5-6-16(28)24-14(7-13-8-22-10-23-13)19(30)25-15(9-27)20(31)26-17(12(3)4)18(21)29/h8,10-12,14-15,17,27H,5-7,9H2,1-4H3,(H2,21,29)(H,22,23)(H,24,28)(H,25,30)(H,26,31). The first kappa shape index (κ1) is 26.1. The van der Waals surface area contributed by atoms with Crippen molar-refractivity contribution in [3.63, 3.8) is 0 Å². The van der Waals surface area contributed by atoms with E-state index in [0.29, 0.717) is 18.0 Å². The molecular formula is C20H34N6O5. The normalized spacial score (nSPS) is 14.0. The Morgan fingerprint density at radius 1 is 1.06 bits per heavy atom. The molecule has 11 nitrogen and oxygen atoms in total. The molecule has 0 aromatic carbocycles. The lowest BCUT2D eigenvalue weighted by atomic mass is 10.0. The number of aromatic nitrogens is 2. The molecule has 0 aliphatic carbocycles. The number of H-pyrrole nitrogens is 1. The Hall–Kier alpha value is -2.95. The lowest BCUT2D eigenvalue weighted by Gasteiger charge is -2.25. The summed E-state index contributed by atoms with van der Waals surface area (Å²) in [5.74, 6) is -2.37. The van der Waals surface area contributed by atoms with E-state index in [1.165, 1.54) is 12.5 Å². The van der Waals surface area contributed by atoms with Gasteiger partial charge in [0.1, 0.15) is 18.1 Å². The highest BCUT2D eigenvalue weighted by Crippen LogP contribution is 2.06. The maximum atomic E-state index is 12.8. The van der Waals surface area contributed by atoms with E-state index >= 15 is 0 Å². The van der Waals surface area contributed by atoms with Crippen LogP contribution in [0.2, 0.25) is 0 Å². The molecule has 0 saturated carbocycles. The fourth-order valence-electron chi connectivity index (χ4n) is 2.80. The van der Waals surface area contributed by atoms with E-state index in [-0.39, 0.29) is 24.7 Å². The number of aliphatic hydroxyl groups excluding tert-OH is 1. The largest absolute Gasteiger partial charge is 0.394 e. The van der Waals surface area contributed by atoms with Gasteiger partial charge in [0.05, 0.1) is 12.9 Å². The Morgan fingerprint density at radius 2 is 1.71 bits per heavy atom. The van der Waals surface area contributed by atoms with Gasteiger partial charge >= 0.3 is 0 Å². The van der Waals surface area contributed by atoms with Gasteiger partial charge in [-0.05, 0) is 18.3 Å². The molecule has 3 unspecified atom stereocenters. The van der Waals surface area contributed by atoms with Crippen molar-refractivity contribution in [3.8, 4) is 0 Å². The van der Waals surface area contributed by atoms with Crippen molar-refractivity contribution >= 4 is 23.6 Å². The SMILES string of the molecule is CC(C)CCC(=O)NC(Cc1cnc[nH]1)C(=O)NC(CO)C(=O)NC(C(N)=O)C(C)C. The lowest BCUT2D eigenvalue weighted by Crippen LogP contribution is -2.58. The monoisotopic (exact) mass is 438 g/mol. The molecule has 1 aromatic rings. The molecule has 4 amide bonds. The zero-order chi connectivity index (χ0) is 23.6. The Morgan fingerprint density at radius 3 is 2.19 bits per heavy atom. The first-order valence-corrected chi connectivity index (χ1v) is 10.3. The number of aliphatic hydroxyl groups is 1. The van der Waals surface area contributed by atoms with Gasteiger partial charge in [0.15, 0.2) is 0 Å². The molecule has 1 heterocycles. The minimum absolute atomic E-state index is 0.120. The highest BCUT2D eigenvalue weighted by molar-refractivity contribution is 5.94. The average Bonchev–Trinajstić information content (AvgIpc) is 3.20. The molecule has 31 heavy (non-hydrogen) atoms. The summed E-state index contributed by atoms with van der Waals surface area (Å²) >= 11 is 0. The van der Waals surface area contributed by atoms with Gasteiger partial charge in [0, 0.05) is 24.7 Å². The zero-order valence-corrected chi connectivity index (χ0v) is 18.5. The number of aromatic amines is 1. The second-order valence-electron chi connectivity index (χ2n) is 8.21. The topological polar surface area (TPSA) is 179 Å². The number of hydrogen-bond acceptors (Lipinski definition) is 6. The first-order valence-electron chi connectivity index (χ1n) is 10.3. The van der Waals surface area contributed by atoms with Crippen molar-refractivity contribution in [1.82, 2.24) is 25.9 Å². The number of rotatable bonds is 13. The number of nitrogens with two attached hydrogens (primary N) is 1. The summed E-state index contributed by atoms with van der Waals surface area (Å²) in [7, 11) is 0. The predicted molar refractivity (Wildman–Crippen MR) is 113 cm³/mol. The second-order valence-corrected chi connectivity index (χ2v) is 8.21. The number of hydrogen-bond donors (Lipinski definition) is 6. The summed E-state index contributed by atoms with van der Waals surface area (Å²) in [6.07, 6.45) is 4.01. The molecule has 0 radical (unpaired) electrons. The van der Waals surface area contributed by atoms with E-state index in [1.807, 2.05) is 13.8 Å². The number of nitrogens with one attached hydrogen (secondary N) is 4. The van der Waals surface area contributed by atoms with Crippen molar-refractivity contribution < 1.29 is 24.3 Å². The van der Waals surface area contributed by atoms with E-state index in [4.69, 9.17) is 5.73 Å². The number of primary amides is 1. The number of nitrogens with zero attached hydrogens (tertiary/aromatic N) is 1. The molecule has 7 N–H and O–H groups in total. The molecule has 3 atom stereocenters. The smallest absolute Gasteiger partial charge is 0.245 e. The Kier molecular flexibility index (Phi) is 10.7. The quantitative estimate of drug-likeness (QED) is 0.229. The number of carbonyl (C=O) groups is 4. The molecule has 0 aliphatic rings. The van der Waals surface area contributed by atoms with Gasteiger partial charge in [0.2, 0.25) is 23.6 Å². The van der Waals surface area contributed by atoms with Crippen molar-refractivity contribution in [1.29, 1.82) is 0 Å². The molecule has 0 bridgehead atoms. The van der Waals surface area contributed by atoms with Crippen LogP contribution >= 0.6 is 0 Å². The van der Waals surface area contributed by atoms with E-state index in [2.05, 4.69) is 25.9 Å². The summed E-state index contributed by atoms with van der Waals surface area (Å²) in [5, 5.41) is 17.1. The average molecular weight is 439 g/mol. The van der Waals surface area contributed by atoms with Gasteiger partial charge < -0.3 is 31.8 Å². The molecule has 11 heteroatoms. The van der Waals surface area contributed by atoms with Crippen LogP contribution in [0.15, 0.2) is 12.5 Å². The van der Waals surface area contributed by atoms with E-state index in [1.54, 1.807) is 13.8 Å². The molecule has 1 aromatic heterocycles. The van der Waals surface area contributed by atoms with Crippen LogP contribution in [0.4, 0.5) is 0 Å². The third-order valence-corrected chi connectivity index (χ3v) is 4.67. The maximum absolute atomic E-state index is 12.8. The van der Waals surface area contributed by atoms with Crippen LogP contribution in [-0.4, -0.2) is 63.4 Å². The third-order valence-electron chi connectivity index (χ3n) is 4.67. The molecule has 0 saturated heterocycles. The molecular weight excluding hydrogens is 404 g/mol. The lowest BCUT2D eigenvalue weighted by molar-refractivity contribution is -0.134. The van der Waals surface area contributed by atoms with E-state index in [9.17, 15) is 24.3 Å². The molecule has 0 spiro atoms. The van der Waals surface area contributed by atoms with Gasteiger partial charge in [-0.25, -0.2) is 4.98 Å². The van der Waals surface area contributed by atoms with Crippen LogP contribution in [0.5, 0.6) is 0 Å². The summed E-state index contributed by atoms with van der Waals surface area (Å²) in [5.41, 5.74) is 5.91. The van der Waals surface area contributed by atoms with Crippen LogP contribution in [0.25, 0.3) is 0 Å². The maximum Gasteiger partial charge on any atom is 0.245 e. The van der Waals surface area contributed by atoms with Crippen LogP contribution in [0.3, 0.4) is 0 Å². The highest BCUT2D eigenvalue weighted by atomic mass is 16.3. The Balaban J connectivity index is 2.86. The van der Waals surface area contributed by atoms with Crippen molar-refractivity contribution in [3.05, 3.63) is 18.2 Å². The Bertz CT molecular complexity index is 734. The summed E-state index contributed by atoms with van der Waals surface area (Å²) in [4.78, 5) is 55.9. The third kappa shape index (κ3) is 9.16.